The van der Waals surface area contributed by atoms with Crippen LogP contribution in [-0.4, -0.2) is 68.7 Å². The molecule has 1 heterocycles. The maximum Gasteiger partial charge on any atom is 0.359 e. The van der Waals surface area contributed by atoms with E-state index in [0.717, 1.165) is 12.1 Å². The first-order valence-electron chi connectivity index (χ1n) is 9.59. The lowest BCUT2D eigenvalue weighted by atomic mass is 9.99. The summed E-state index contributed by atoms with van der Waals surface area (Å²) >= 11 is 0. The van der Waals surface area contributed by atoms with Crippen molar-refractivity contribution in [2.24, 2.45) is 10.3 Å². The highest BCUT2D eigenvalue weighted by atomic mass is 28.2. The summed E-state index contributed by atoms with van der Waals surface area (Å²) in [5, 5.41) is 6.76. The van der Waals surface area contributed by atoms with Gasteiger partial charge in [-0.15, -0.1) is 0 Å². The van der Waals surface area contributed by atoms with Crippen LogP contribution >= 0.6 is 0 Å². The topological polar surface area (TPSA) is 89.8 Å². The molecule has 2 unspecified atom stereocenters. The van der Waals surface area contributed by atoms with Crippen LogP contribution in [0.3, 0.4) is 0 Å². The fourth-order valence-electron chi connectivity index (χ4n) is 2.94. The highest BCUT2D eigenvalue weighted by Gasteiger charge is 2.73. The van der Waals surface area contributed by atoms with Gasteiger partial charge in [-0.2, -0.15) is 0 Å². The van der Waals surface area contributed by atoms with Crippen LogP contribution in [0.2, 0.25) is 6.55 Å². The van der Waals surface area contributed by atoms with E-state index in [4.69, 9.17) is 14.4 Å². The third-order valence-electron chi connectivity index (χ3n) is 4.94. The number of carbonyl (C=O) groups excluding carboxylic acids is 2. The number of nitrogens with zero attached hydrogens (tertiary/aromatic N) is 3. The van der Waals surface area contributed by atoms with E-state index in [0.29, 0.717) is 25.1 Å². The van der Waals surface area contributed by atoms with Gasteiger partial charge in [-0.1, -0.05) is 37.6 Å². The Hall–Kier alpha value is -1.90. The van der Waals surface area contributed by atoms with Crippen molar-refractivity contribution < 1.29 is 24.0 Å². The number of rotatable bonds is 10. The van der Waals surface area contributed by atoms with Gasteiger partial charge in [0.1, 0.15) is 0 Å². The maximum atomic E-state index is 13.3. The Morgan fingerprint density at radius 2 is 1.70 bits per heavy atom. The van der Waals surface area contributed by atoms with E-state index in [2.05, 4.69) is 10.3 Å². The van der Waals surface area contributed by atoms with E-state index in [1.165, 1.54) is 7.11 Å². The average Bonchev–Trinajstić information content (AvgIpc) is 2.92. The summed E-state index contributed by atoms with van der Waals surface area (Å²) in [5.41, 5.74) is -0.228. The van der Waals surface area contributed by atoms with Crippen LogP contribution < -0.4 is 0 Å². The molecule has 2 atom stereocenters. The Morgan fingerprint density at radius 3 is 2.15 bits per heavy atom. The van der Waals surface area contributed by atoms with E-state index in [-0.39, 0.29) is 12.5 Å². The number of likely N-dealkylation sites (tertiary alicyclic amines) is 1. The summed E-state index contributed by atoms with van der Waals surface area (Å²) in [6.45, 7) is 11.9. The average molecular weight is 400 g/mol. The molecule has 1 saturated heterocycles. The van der Waals surface area contributed by atoms with Gasteiger partial charge in [-0.05, 0) is 33.1 Å². The molecule has 0 bridgehead atoms. The minimum absolute atomic E-state index is 0.0361. The number of ether oxygens (including phenoxy) is 1. The van der Waals surface area contributed by atoms with Crippen LogP contribution in [0, 0.1) is 0 Å². The molecule has 0 spiro atoms. The van der Waals surface area contributed by atoms with Crippen LogP contribution in [-0.2, 0) is 24.0 Å². The van der Waals surface area contributed by atoms with Crippen molar-refractivity contribution in [2.75, 3.05) is 20.2 Å². The number of oxime groups is 2. The number of methoxy groups -OCH3 is 1. The minimum atomic E-state index is -1.66. The standard InChI is InChI=1S/C18H33N3O5Si/c1-8-11-21-12-17(16(23)24-6,25-19-13(4)9-2)18(27-7,15(21)22)26-20-14(5)10-3/h8-12,27H2,1-7H3. The lowest BCUT2D eigenvalue weighted by Gasteiger charge is -2.35. The highest BCUT2D eigenvalue weighted by Crippen LogP contribution is 2.40. The summed E-state index contributed by atoms with van der Waals surface area (Å²) in [6, 6.07) is 0. The Labute approximate surface area is 164 Å². The van der Waals surface area contributed by atoms with Crippen molar-refractivity contribution in [3.05, 3.63) is 0 Å². The van der Waals surface area contributed by atoms with Gasteiger partial charge in [0, 0.05) is 6.54 Å². The largest absolute Gasteiger partial charge is 0.466 e. The molecule has 1 rings (SSSR count). The maximum absolute atomic E-state index is 13.3. The number of hydrogen-bond acceptors (Lipinski definition) is 7. The fraction of sp³-hybridized carbons (Fsp3) is 0.778. The molecule has 1 amide bonds. The SMILES string of the molecule is CCCN1CC(ON=C(C)CC)(C(=O)OC)C(ON=C(C)CC)([SiH2]C)C1=O. The molecule has 1 aliphatic heterocycles. The van der Waals surface area contributed by atoms with Crippen molar-refractivity contribution >= 4 is 32.8 Å². The van der Waals surface area contributed by atoms with Crippen molar-refractivity contribution in [3.8, 4) is 0 Å². The lowest BCUT2D eigenvalue weighted by molar-refractivity contribution is -0.194. The monoisotopic (exact) mass is 399 g/mol. The zero-order valence-electron chi connectivity index (χ0n) is 17.6. The molecule has 0 aromatic rings. The van der Waals surface area contributed by atoms with Crippen molar-refractivity contribution in [1.82, 2.24) is 4.90 Å². The van der Waals surface area contributed by atoms with Crippen LogP contribution in [0.25, 0.3) is 0 Å². The van der Waals surface area contributed by atoms with Crippen LogP contribution in [0.1, 0.15) is 53.9 Å². The first kappa shape index (κ1) is 23.1. The molecule has 1 fully saturated rings. The molecular formula is C18H33N3O5Si. The van der Waals surface area contributed by atoms with E-state index in [9.17, 15) is 9.59 Å². The van der Waals surface area contributed by atoms with E-state index >= 15 is 0 Å². The van der Waals surface area contributed by atoms with Crippen LogP contribution in [0.5, 0.6) is 0 Å². The van der Waals surface area contributed by atoms with E-state index in [1.54, 1.807) is 11.8 Å². The fourth-order valence-corrected chi connectivity index (χ4v) is 4.55. The Balaban J connectivity index is 3.58. The van der Waals surface area contributed by atoms with E-state index in [1.807, 2.05) is 34.2 Å². The molecule has 0 aliphatic carbocycles. The first-order chi connectivity index (χ1) is 12.8. The molecule has 0 saturated carbocycles. The van der Waals surface area contributed by atoms with Crippen molar-refractivity contribution in [2.45, 2.75) is 71.3 Å². The molecule has 0 radical (unpaired) electrons. The van der Waals surface area contributed by atoms with E-state index < -0.39 is 26.3 Å². The second kappa shape index (κ2) is 9.87. The van der Waals surface area contributed by atoms with Gasteiger partial charge >= 0.3 is 5.97 Å². The van der Waals surface area contributed by atoms with Crippen molar-refractivity contribution in [3.63, 3.8) is 0 Å². The second-order valence-corrected chi connectivity index (χ2v) is 8.47. The summed E-state index contributed by atoms with van der Waals surface area (Å²) in [5.74, 6) is -0.943. The van der Waals surface area contributed by atoms with Crippen molar-refractivity contribution in [1.29, 1.82) is 0 Å². The zero-order chi connectivity index (χ0) is 20.7. The number of carbonyl (C=O) groups is 2. The first-order valence-corrected chi connectivity index (χ1v) is 11.7. The molecule has 1 aliphatic rings. The van der Waals surface area contributed by atoms with Gasteiger partial charge in [0.05, 0.1) is 34.6 Å². The molecule has 8 nitrogen and oxygen atoms in total. The minimum Gasteiger partial charge on any atom is -0.466 e. The molecule has 154 valence electrons. The number of amides is 1. The Bertz CT molecular complexity index is 610. The molecule has 0 aromatic heterocycles. The quantitative estimate of drug-likeness (QED) is 0.241. The lowest BCUT2D eigenvalue weighted by Crippen LogP contribution is -2.65. The third kappa shape index (κ3) is 4.34. The second-order valence-electron chi connectivity index (χ2n) is 6.77. The predicted octanol–water partition coefficient (Wildman–Crippen LogP) is 1.67. The van der Waals surface area contributed by atoms with Crippen LogP contribution in [0.4, 0.5) is 0 Å². The van der Waals surface area contributed by atoms with Gasteiger partial charge in [0.2, 0.25) is 5.22 Å². The summed E-state index contributed by atoms with van der Waals surface area (Å²) in [4.78, 5) is 39.5. The zero-order valence-corrected chi connectivity index (χ0v) is 19.0. The van der Waals surface area contributed by atoms with Crippen LogP contribution in [0.15, 0.2) is 10.3 Å². The molecule has 27 heavy (non-hydrogen) atoms. The van der Waals surface area contributed by atoms with Gasteiger partial charge < -0.3 is 19.3 Å². The third-order valence-corrected chi connectivity index (χ3v) is 6.94. The highest BCUT2D eigenvalue weighted by molar-refractivity contribution is 6.48. The smallest absolute Gasteiger partial charge is 0.359 e. The Kier molecular flexibility index (Phi) is 8.45. The molecule has 0 N–H and O–H groups in total. The molecular weight excluding hydrogens is 366 g/mol. The number of hydrogen-bond donors (Lipinski definition) is 0. The summed E-state index contributed by atoms with van der Waals surface area (Å²) < 4.78 is 5.05. The Morgan fingerprint density at radius 1 is 1.15 bits per heavy atom. The van der Waals surface area contributed by atoms with Gasteiger partial charge in [0.25, 0.3) is 11.5 Å². The molecule has 9 heteroatoms. The van der Waals surface area contributed by atoms with Gasteiger partial charge in [0.15, 0.2) is 0 Å². The number of esters is 1. The van der Waals surface area contributed by atoms with Gasteiger partial charge in [-0.3, -0.25) is 4.79 Å². The normalized spacial score (nSPS) is 26.8. The van der Waals surface area contributed by atoms with Gasteiger partial charge in [-0.25, -0.2) is 4.79 Å². The predicted molar refractivity (Wildman–Crippen MR) is 108 cm³/mol. The molecule has 0 aromatic carbocycles. The summed E-state index contributed by atoms with van der Waals surface area (Å²) in [6.07, 6.45) is 2.08. The summed E-state index contributed by atoms with van der Waals surface area (Å²) in [7, 11) is -0.00917.